The van der Waals surface area contributed by atoms with Crippen molar-refractivity contribution in [2.24, 2.45) is 0 Å². The van der Waals surface area contributed by atoms with E-state index in [1.807, 2.05) is 18.2 Å². The van der Waals surface area contributed by atoms with E-state index in [9.17, 15) is 4.79 Å². The van der Waals surface area contributed by atoms with E-state index in [0.717, 1.165) is 11.3 Å². The standard InChI is InChI=1S/C15H18N2O2/c1-15(2,3)11-5-6-13-12(9-11)17(8-4-7-16)14(18)10-19-13/h5-6,9H,4,8,10H2,1-3H3. The topological polar surface area (TPSA) is 53.3 Å². The predicted molar refractivity (Wildman–Crippen MR) is 73.2 cm³/mol. The van der Waals surface area contributed by atoms with Gasteiger partial charge in [0.2, 0.25) is 0 Å². The van der Waals surface area contributed by atoms with E-state index in [1.54, 1.807) is 4.90 Å². The Hall–Kier alpha value is -2.02. The number of nitrogens with zero attached hydrogens (tertiary/aromatic N) is 2. The van der Waals surface area contributed by atoms with Gasteiger partial charge in [-0.3, -0.25) is 4.79 Å². The van der Waals surface area contributed by atoms with Crippen molar-refractivity contribution in [2.75, 3.05) is 18.1 Å². The van der Waals surface area contributed by atoms with Crippen molar-refractivity contribution in [3.8, 4) is 11.8 Å². The maximum Gasteiger partial charge on any atom is 0.265 e. The number of hydrogen-bond acceptors (Lipinski definition) is 3. The van der Waals surface area contributed by atoms with Crippen LogP contribution in [0.1, 0.15) is 32.8 Å². The molecule has 0 aliphatic carbocycles. The van der Waals surface area contributed by atoms with Crippen molar-refractivity contribution in [1.82, 2.24) is 0 Å². The third-order valence-electron chi connectivity index (χ3n) is 3.22. The summed E-state index contributed by atoms with van der Waals surface area (Å²) in [4.78, 5) is 13.6. The summed E-state index contributed by atoms with van der Waals surface area (Å²) in [7, 11) is 0. The minimum absolute atomic E-state index is 0.0103. The first-order valence-electron chi connectivity index (χ1n) is 6.38. The third-order valence-corrected chi connectivity index (χ3v) is 3.22. The Morgan fingerprint density at radius 1 is 1.42 bits per heavy atom. The Balaban J connectivity index is 2.41. The van der Waals surface area contributed by atoms with Crippen LogP contribution < -0.4 is 9.64 Å². The fourth-order valence-corrected chi connectivity index (χ4v) is 2.08. The lowest BCUT2D eigenvalue weighted by Crippen LogP contribution is -2.39. The number of nitriles is 1. The van der Waals surface area contributed by atoms with Crippen molar-refractivity contribution in [3.63, 3.8) is 0 Å². The van der Waals surface area contributed by atoms with Crippen LogP contribution in [0.3, 0.4) is 0 Å². The SMILES string of the molecule is CC(C)(C)c1ccc2c(c1)N(CCC#N)C(=O)CO2. The largest absolute Gasteiger partial charge is 0.482 e. The summed E-state index contributed by atoms with van der Waals surface area (Å²) < 4.78 is 5.44. The van der Waals surface area contributed by atoms with Gasteiger partial charge in [-0.15, -0.1) is 0 Å². The van der Waals surface area contributed by atoms with Gasteiger partial charge in [-0.1, -0.05) is 26.8 Å². The maximum atomic E-state index is 11.9. The summed E-state index contributed by atoms with van der Waals surface area (Å²) in [6, 6.07) is 8.00. The average Bonchev–Trinajstić information content (AvgIpc) is 2.36. The molecule has 1 aromatic carbocycles. The second kappa shape index (κ2) is 4.93. The molecule has 0 aromatic heterocycles. The fourth-order valence-electron chi connectivity index (χ4n) is 2.08. The Morgan fingerprint density at radius 2 is 2.16 bits per heavy atom. The highest BCUT2D eigenvalue weighted by Crippen LogP contribution is 2.36. The van der Waals surface area contributed by atoms with E-state index < -0.39 is 0 Å². The number of carbonyl (C=O) groups is 1. The van der Waals surface area contributed by atoms with Crippen LogP contribution in [0.25, 0.3) is 0 Å². The molecule has 1 aromatic rings. The Morgan fingerprint density at radius 3 is 2.79 bits per heavy atom. The maximum absolute atomic E-state index is 11.9. The molecule has 100 valence electrons. The van der Waals surface area contributed by atoms with Gasteiger partial charge >= 0.3 is 0 Å². The van der Waals surface area contributed by atoms with Gasteiger partial charge in [0.15, 0.2) is 6.61 Å². The van der Waals surface area contributed by atoms with Crippen molar-refractivity contribution in [2.45, 2.75) is 32.6 Å². The fraction of sp³-hybridized carbons (Fsp3) is 0.467. The molecule has 0 atom stereocenters. The Kier molecular flexibility index (Phi) is 3.48. The molecule has 0 bridgehead atoms. The van der Waals surface area contributed by atoms with Crippen LogP contribution in [-0.4, -0.2) is 19.1 Å². The van der Waals surface area contributed by atoms with Crippen molar-refractivity contribution >= 4 is 11.6 Å². The molecule has 0 radical (unpaired) electrons. The molecule has 0 saturated heterocycles. The molecule has 0 unspecified atom stereocenters. The van der Waals surface area contributed by atoms with Crippen LogP contribution in [0.2, 0.25) is 0 Å². The zero-order chi connectivity index (χ0) is 14.0. The summed E-state index contributed by atoms with van der Waals surface area (Å²) >= 11 is 0. The second-order valence-electron chi connectivity index (χ2n) is 5.67. The van der Waals surface area contributed by atoms with Gasteiger partial charge in [0, 0.05) is 6.54 Å². The first-order chi connectivity index (χ1) is 8.93. The number of rotatable bonds is 2. The molecule has 2 rings (SSSR count). The van der Waals surface area contributed by atoms with Gasteiger partial charge in [-0.05, 0) is 23.1 Å². The van der Waals surface area contributed by atoms with Crippen LogP contribution in [-0.2, 0) is 10.2 Å². The van der Waals surface area contributed by atoms with Gasteiger partial charge in [0.05, 0.1) is 18.2 Å². The summed E-state index contributed by atoms with van der Waals surface area (Å²) in [5.74, 6) is 0.624. The van der Waals surface area contributed by atoms with E-state index in [4.69, 9.17) is 10.00 Å². The van der Waals surface area contributed by atoms with Crippen LogP contribution in [0.5, 0.6) is 5.75 Å². The number of benzene rings is 1. The highest BCUT2D eigenvalue weighted by molar-refractivity contribution is 5.98. The van der Waals surface area contributed by atoms with Gasteiger partial charge in [0.25, 0.3) is 5.91 Å². The number of anilines is 1. The van der Waals surface area contributed by atoms with E-state index in [1.165, 1.54) is 0 Å². The summed E-state index contributed by atoms with van der Waals surface area (Å²) in [6.07, 6.45) is 0.324. The van der Waals surface area contributed by atoms with Crippen molar-refractivity contribution < 1.29 is 9.53 Å². The van der Waals surface area contributed by atoms with Gasteiger partial charge < -0.3 is 9.64 Å². The van der Waals surface area contributed by atoms with E-state index in [0.29, 0.717) is 18.7 Å². The smallest absolute Gasteiger partial charge is 0.265 e. The molecule has 4 heteroatoms. The molecular weight excluding hydrogens is 240 g/mol. The highest BCUT2D eigenvalue weighted by Gasteiger charge is 2.27. The molecule has 4 nitrogen and oxygen atoms in total. The quantitative estimate of drug-likeness (QED) is 0.819. The van der Waals surface area contributed by atoms with Crippen molar-refractivity contribution in [1.29, 1.82) is 5.26 Å². The molecule has 19 heavy (non-hydrogen) atoms. The minimum atomic E-state index is -0.0891. The van der Waals surface area contributed by atoms with Crippen LogP contribution >= 0.6 is 0 Å². The van der Waals surface area contributed by atoms with Crippen LogP contribution in [0.15, 0.2) is 18.2 Å². The lowest BCUT2D eigenvalue weighted by Gasteiger charge is -2.31. The number of amides is 1. The van der Waals surface area contributed by atoms with E-state index >= 15 is 0 Å². The van der Waals surface area contributed by atoms with Gasteiger partial charge in [-0.2, -0.15) is 5.26 Å². The molecule has 0 spiro atoms. The Bertz CT molecular complexity index is 538. The number of ether oxygens (including phenoxy) is 1. The lowest BCUT2D eigenvalue weighted by molar-refractivity contribution is -0.121. The lowest BCUT2D eigenvalue weighted by atomic mass is 9.86. The van der Waals surface area contributed by atoms with Crippen LogP contribution in [0, 0.1) is 11.3 Å². The summed E-state index contributed by atoms with van der Waals surface area (Å²) in [5.41, 5.74) is 1.93. The second-order valence-corrected chi connectivity index (χ2v) is 5.67. The predicted octanol–water partition coefficient (Wildman–Crippen LogP) is 2.62. The molecule has 0 fully saturated rings. The molecule has 1 aliphatic rings. The van der Waals surface area contributed by atoms with Crippen molar-refractivity contribution in [3.05, 3.63) is 23.8 Å². The number of carbonyl (C=O) groups excluding carboxylic acids is 1. The van der Waals surface area contributed by atoms with E-state index in [-0.39, 0.29) is 17.9 Å². The third kappa shape index (κ3) is 2.70. The minimum Gasteiger partial charge on any atom is -0.482 e. The number of fused-ring (bicyclic) bond motifs is 1. The molecule has 1 aliphatic heterocycles. The van der Waals surface area contributed by atoms with Gasteiger partial charge in [-0.25, -0.2) is 0 Å². The molecule has 1 amide bonds. The average molecular weight is 258 g/mol. The summed E-state index contributed by atoms with van der Waals surface area (Å²) in [6.45, 7) is 6.84. The monoisotopic (exact) mass is 258 g/mol. The zero-order valence-corrected chi connectivity index (χ0v) is 11.6. The molecular formula is C15H18N2O2. The first-order valence-corrected chi connectivity index (χ1v) is 6.38. The molecule has 1 heterocycles. The first kappa shape index (κ1) is 13.4. The van der Waals surface area contributed by atoms with Gasteiger partial charge in [0.1, 0.15) is 5.75 Å². The summed E-state index contributed by atoms with van der Waals surface area (Å²) in [5, 5.41) is 8.70. The zero-order valence-electron chi connectivity index (χ0n) is 11.6. The molecule has 0 saturated carbocycles. The molecule has 0 N–H and O–H groups in total. The highest BCUT2D eigenvalue weighted by atomic mass is 16.5. The Labute approximate surface area is 113 Å². The van der Waals surface area contributed by atoms with Crippen LogP contribution in [0.4, 0.5) is 5.69 Å². The van der Waals surface area contributed by atoms with E-state index in [2.05, 4.69) is 26.8 Å². The number of hydrogen-bond donors (Lipinski definition) is 0. The normalized spacial score (nSPS) is 14.6.